The quantitative estimate of drug-likeness (QED) is 0.240. The number of likely N-dealkylation sites (tertiary alicyclic amines) is 1. The lowest BCUT2D eigenvalue weighted by Crippen LogP contribution is -2.28. The maximum atomic E-state index is 12.0. The molecule has 1 fully saturated rings. The van der Waals surface area contributed by atoms with Gasteiger partial charge < -0.3 is 21.2 Å². The SMILES string of the molecule is NC(=NO)c1cccc(C(=O)NCCCN2CCCC2)c1. The number of nitrogens with one attached hydrogen (secondary N) is 1. The summed E-state index contributed by atoms with van der Waals surface area (Å²) in [5, 5.41) is 14.5. The monoisotopic (exact) mass is 290 g/mol. The van der Waals surface area contributed by atoms with Gasteiger partial charge in [0, 0.05) is 17.7 Å². The molecule has 1 amide bonds. The van der Waals surface area contributed by atoms with Gasteiger partial charge in [-0.3, -0.25) is 4.79 Å². The van der Waals surface area contributed by atoms with Crippen LogP contribution in [0.15, 0.2) is 29.4 Å². The van der Waals surface area contributed by atoms with Gasteiger partial charge in [-0.15, -0.1) is 0 Å². The van der Waals surface area contributed by atoms with E-state index >= 15 is 0 Å². The Labute approximate surface area is 124 Å². The van der Waals surface area contributed by atoms with Crippen LogP contribution in [0, 0.1) is 0 Å². The molecule has 21 heavy (non-hydrogen) atoms. The number of carbonyl (C=O) groups excluding carboxylic acids is 1. The van der Waals surface area contributed by atoms with Crippen molar-refractivity contribution in [3.63, 3.8) is 0 Å². The number of amidine groups is 1. The molecule has 1 aromatic carbocycles. The molecule has 0 saturated carbocycles. The van der Waals surface area contributed by atoms with E-state index < -0.39 is 0 Å². The standard InChI is InChI=1S/C15H22N4O2/c16-14(18-21)12-5-3-6-13(11-12)15(20)17-7-4-10-19-8-1-2-9-19/h3,5-6,11,21H,1-2,4,7-10H2,(H2,16,18)(H,17,20). The molecule has 1 aliphatic rings. The number of amides is 1. The molecule has 0 aliphatic carbocycles. The summed E-state index contributed by atoms with van der Waals surface area (Å²) in [6.07, 6.45) is 3.52. The second kappa shape index (κ2) is 7.64. The first kappa shape index (κ1) is 15.3. The van der Waals surface area contributed by atoms with Gasteiger partial charge in [-0.25, -0.2) is 0 Å². The summed E-state index contributed by atoms with van der Waals surface area (Å²) >= 11 is 0. The Balaban J connectivity index is 1.79. The maximum absolute atomic E-state index is 12.0. The first-order valence-corrected chi connectivity index (χ1v) is 7.29. The van der Waals surface area contributed by atoms with Gasteiger partial charge in [0.15, 0.2) is 5.84 Å². The van der Waals surface area contributed by atoms with Crippen molar-refractivity contribution in [3.05, 3.63) is 35.4 Å². The van der Waals surface area contributed by atoms with Crippen molar-refractivity contribution >= 4 is 11.7 Å². The predicted octanol–water partition coefficient (Wildman–Crippen LogP) is 0.997. The molecule has 0 unspecified atom stereocenters. The van der Waals surface area contributed by atoms with Crippen LogP contribution >= 0.6 is 0 Å². The van der Waals surface area contributed by atoms with Gasteiger partial charge in [-0.05, 0) is 51.0 Å². The van der Waals surface area contributed by atoms with E-state index in [1.54, 1.807) is 24.3 Å². The molecule has 114 valence electrons. The van der Waals surface area contributed by atoms with Gasteiger partial charge in [0.1, 0.15) is 0 Å². The molecule has 6 heteroatoms. The number of carbonyl (C=O) groups is 1. The molecule has 4 N–H and O–H groups in total. The van der Waals surface area contributed by atoms with Gasteiger partial charge in [-0.2, -0.15) is 0 Å². The number of rotatable bonds is 6. The van der Waals surface area contributed by atoms with Crippen molar-refractivity contribution in [2.45, 2.75) is 19.3 Å². The molecule has 1 aliphatic heterocycles. The number of benzene rings is 1. The molecule has 0 spiro atoms. The Kier molecular flexibility index (Phi) is 5.57. The Hall–Kier alpha value is -2.08. The second-order valence-corrected chi connectivity index (χ2v) is 5.22. The highest BCUT2D eigenvalue weighted by atomic mass is 16.4. The van der Waals surface area contributed by atoms with Crippen LogP contribution in [-0.4, -0.2) is 48.0 Å². The number of nitrogens with two attached hydrogens (primary N) is 1. The molecule has 6 nitrogen and oxygen atoms in total. The summed E-state index contributed by atoms with van der Waals surface area (Å²) in [4.78, 5) is 14.5. The molecule has 0 atom stereocenters. The summed E-state index contributed by atoms with van der Waals surface area (Å²) in [7, 11) is 0. The fourth-order valence-electron chi connectivity index (χ4n) is 2.49. The molecular formula is C15H22N4O2. The van der Waals surface area contributed by atoms with E-state index in [4.69, 9.17) is 10.9 Å². The van der Waals surface area contributed by atoms with E-state index in [9.17, 15) is 4.79 Å². The number of hydrogen-bond acceptors (Lipinski definition) is 4. The first-order chi connectivity index (χ1) is 10.2. The summed E-state index contributed by atoms with van der Waals surface area (Å²) in [5.41, 5.74) is 6.56. The molecule has 1 heterocycles. The Morgan fingerprint density at radius 2 is 2.05 bits per heavy atom. The van der Waals surface area contributed by atoms with Gasteiger partial charge in [0.05, 0.1) is 0 Å². The minimum atomic E-state index is -0.135. The smallest absolute Gasteiger partial charge is 0.251 e. The van der Waals surface area contributed by atoms with Crippen molar-refractivity contribution in [2.24, 2.45) is 10.9 Å². The largest absolute Gasteiger partial charge is 0.409 e. The van der Waals surface area contributed by atoms with Gasteiger partial charge in [0.25, 0.3) is 5.91 Å². The molecule has 1 saturated heterocycles. The fourth-order valence-corrected chi connectivity index (χ4v) is 2.49. The Morgan fingerprint density at radius 1 is 1.33 bits per heavy atom. The zero-order valence-electron chi connectivity index (χ0n) is 12.1. The summed E-state index contributed by atoms with van der Waals surface area (Å²) in [5.74, 6) is -0.136. The average molecular weight is 290 g/mol. The molecule has 1 aromatic rings. The van der Waals surface area contributed by atoms with Crippen molar-refractivity contribution in [1.29, 1.82) is 0 Å². The Bertz CT molecular complexity index is 510. The number of nitrogens with zero attached hydrogens (tertiary/aromatic N) is 2. The zero-order valence-corrected chi connectivity index (χ0v) is 12.1. The Morgan fingerprint density at radius 3 is 2.76 bits per heavy atom. The van der Waals surface area contributed by atoms with Crippen LogP contribution in [0.25, 0.3) is 0 Å². The number of hydrogen-bond donors (Lipinski definition) is 3. The zero-order chi connectivity index (χ0) is 15.1. The van der Waals surface area contributed by atoms with E-state index in [0.717, 1.165) is 13.0 Å². The van der Waals surface area contributed by atoms with Crippen molar-refractivity contribution in [1.82, 2.24) is 10.2 Å². The van der Waals surface area contributed by atoms with Gasteiger partial charge in [-0.1, -0.05) is 17.3 Å². The van der Waals surface area contributed by atoms with Crippen LogP contribution < -0.4 is 11.1 Å². The van der Waals surface area contributed by atoms with Crippen LogP contribution in [0.3, 0.4) is 0 Å². The van der Waals surface area contributed by atoms with Crippen LogP contribution in [-0.2, 0) is 0 Å². The van der Waals surface area contributed by atoms with Gasteiger partial charge in [0.2, 0.25) is 0 Å². The van der Waals surface area contributed by atoms with Crippen LogP contribution in [0.2, 0.25) is 0 Å². The second-order valence-electron chi connectivity index (χ2n) is 5.22. The number of oxime groups is 1. The lowest BCUT2D eigenvalue weighted by atomic mass is 10.1. The summed E-state index contributed by atoms with van der Waals surface area (Å²) < 4.78 is 0. The molecule has 0 bridgehead atoms. The lowest BCUT2D eigenvalue weighted by Gasteiger charge is -2.14. The maximum Gasteiger partial charge on any atom is 0.251 e. The highest BCUT2D eigenvalue weighted by Crippen LogP contribution is 2.07. The molecule has 0 aromatic heterocycles. The minimum absolute atomic E-state index is 0.00122. The highest BCUT2D eigenvalue weighted by Gasteiger charge is 2.11. The minimum Gasteiger partial charge on any atom is -0.409 e. The summed E-state index contributed by atoms with van der Waals surface area (Å²) in [6, 6.07) is 6.74. The summed E-state index contributed by atoms with van der Waals surface area (Å²) in [6.45, 7) is 4.04. The topological polar surface area (TPSA) is 91.0 Å². The van der Waals surface area contributed by atoms with Gasteiger partial charge >= 0.3 is 0 Å². The molecule has 0 radical (unpaired) electrons. The van der Waals surface area contributed by atoms with E-state index in [0.29, 0.717) is 17.7 Å². The van der Waals surface area contributed by atoms with Crippen LogP contribution in [0.4, 0.5) is 0 Å². The van der Waals surface area contributed by atoms with Crippen LogP contribution in [0.1, 0.15) is 35.2 Å². The fraction of sp³-hybridized carbons (Fsp3) is 0.467. The van der Waals surface area contributed by atoms with Crippen LogP contribution in [0.5, 0.6) is 0 Å². The van der Waals surface area contributed by atoms with E-state index in [1.807, 2.05) is 0 Å². The van der Waals surface area contributed by atoms with Crippen molar-refractivity contribution in [2.75, 3.05) is 26.2 Å². The van der Waals surface area contributed by atoms with Crippen molar-refractivity contribution in [3.8, 4) is 0 Å². The van der Waals surface area contributed by atoms with E-state index in [2.05, 4.69) is 15.4 Å². The molecular weight excluding hydrogens is 268 g/mol. The third-order valence-corrected chi connectivity index (χ3v) is 3.66. The van der Waals surface area contributed by atoms with E-state index in [-0.39, 0.29) is 11.7 Å². The lowest BCUT2D eigenvalue weighted by molar-refractivity contribution is 0.0952. The average Bonchev–Trinajstić information content (AvgIpc) is 3.04. The van der Waals surface area contributed by atoms with E-state index in [1.165, 1.54) is 25.9 Å². The predicted molar refractivity (Wildman–Crippen MR) is 81.6 cm³/mol. The van der Waals surface area contributed by atoms with Crippen molar-refractivity contribution < 1.29 is 10.0 Å². The molecule has 2 rings (SSSR count). The highest BCUT2D eigenvalue weighted by molar-refractivity contribution is 6.01. The third kappa shape index (κ3) is 4.46. The third-order valence-electron chi connectivity index (χ3n) is 3.66. The normalized spacial score (nSPS) is 16.1. The first-order valence-electron chi connectivity index (χ1n) is 7.29.